The molecule has 1 aromatic rings. The molecule has 3 nitrogen and oxygen atoms in total. The maximum atomic E-state index is 11.2. The van der Waals surface area contributed by atoms with Gasteiger partial charge in [-0.15, -0.1) is 0 Å². The van der Waals surface area contributed by atoms with E-state index in [9.17, 15) is 9.90 Å². The van der Waals surface area contributed by atoms with Crippen molar-refractivity contribution in [2.24, 2.45) is 0 Å². The molecule has 0 bridgehead atoms. The largest absolute Gasteiger partial charge is 0.508 e. The van der Waals surface area contributed by atoms with Crippen molar-refractivity contribution < 1.29 is 14.6 Å². The second-order valence-corrected chi connectivity index (χ2v) is 2.72. The molecule has 0 aliphatic rings. The Morgan fingerprint density at radius 2 is 2.23 bits per heavy atom. The molecular formula is C10H12O3. The first kappa shape index (κ1) is 9.58. The standard InChI is InChI=1S/C10H12O3/c1-3-13-10(12)8-4-5-9(11)7(2)6-8/h4-6,11H,3H2,1-2H3. The van der Waals surface area contributed by atoms with Gasteiger partial charge < -0.3 is 9.84 Å². The Labute approximate surface area is 77.0 Å². The van der Waals surface area contributed by atoms with Crippen LogP contribution < -0.4 is 0 Å². The molecule has 70 valence electrons. The number of carbonyl (C=O) groups excluding carboxylic acids is 1. The van der Waals surface area contributed by atoms with Crippen LogP contribution in [0, 0.1) is 6.92 Å². The van der Waals surface area contributed by atoms with Crippen LogP contribution in [0.4, 0.5) is 0 Å². The van der Waals surface area contributed by atoms with Gasteiger partial charge in [0.1, 0.15) is 5.75 Å². The molecule has 0 aromatic heterocycles. The maximum Gasteiger partial charge on any atom is 0.338 e. The van der Waals surface area contributed by atoms with Crippen LogP contribution >= 0.6 is 0 Å². The Bertz CT molecular complexity index is 318. The molecule has 0 atom stereocenters. The highest BCUT2D eigenvalue weighted by Gasteiger charge is 2.07. The van der Waals surface area contributed by atoms with E-state index in [0.29, 0.717) is 17.7 Å². The van der Waals surface area contributed by atoms with Gasteiger partial charge in [0, 0.05) is 0 Å². The van der Waals surface area contributed by atoms with Crippen LogP contribution in [0.15, 0.2) is 18.2 Å². The smallest absolute Gasteiger partial charge is 0.338 e. The van der Waals surface area contributed by atoms with Gasteiger partial charge in [-0.1, -0.05) is 0 Å². The zero-order valence-electron chi connectivity index (χ0n) is 7.70. The number of rotatable bonds is 2. The second kappa shape index (κ2) is 3.94. The molecule has 0 aliphatic heterocycles. The van der Waals surface area contributed by atoms with Crippen LogP contribution in [0.2, 0.25) is 0 Å². The first-order valence-corrected chi connectivity index (χ1v) is 4.12. The number of phenolic OH excluding ortho intramolecular Hbond substituents is 1. The lowest BCUT2D eigenvalue weighted by Crippen LogP contribution is -2.04. The van der Waals surface area contributed by atoms with Crippen molar-refractivity contribution in [1.29, 1.82) is 0 Å². The average molecular weight is 180 g/mol. The van der Waals surface area contributed by atoms with Crippen molar-refractivity contribution in [3.63, 3.8) is 0 Å². The summed E-state index contributed by atoms with van der Waals surface area (Å²) in [6.07, 6.45) is 0. The number of benzene rings is 1. The predicted molar refractivity (Wildman–Crippen MR) is 48.8 cm³/mol. The van der Waals surface area contributed by atoms with Crippen molar-refractivity contribution in [1.82, 2.24) is 0 Å². The number of aromatic hydroxyl groups is 1. The Morgan fingerprint density at radius 1 is 1.54 bits per heavy atom. The van der Waals surface area contributed by atoms with Crippen LogP contribution in [0.5, 0.6) is 5.75 Å². The van der Waals surface area contributed by atoms with Crippen LogP contribution in [-0.2, 0) is 4.74 Å². The van der Waals surface area contributed by atoms with E-state index in [1.165, 1.54) is 6.07 Å². The van der Waals surface area contributed by atoms with Gasteiger partial charge >= 0.3 is 5.97 Å². The number of phenols is 1. The number of hydrogen-bond acceptors (Lipinski definition) is 3. The molecule has 0 radical (unpaired) electrons. The monoisotopic (exact) mass is 180 g/mol. The highest BCUT2D eigenvalue weighted by atomic mass is 16.5. The first-order valence-electron chi connectivity index (χ1n) is 4.12. The topological polar surface area (TPSA) is 46.5 Å². The molecule has 1 aromatic carbocycles. The third kappa shape index (κ3) is 2.21. The molecule has 0 unspecified atom stereocenters. The quantitative estimate of drug-likeness (QED) is 0.707. The molecule has 1 N–H and O–H groups in total. The van der Waals surface area contributed by atoms with E-state index < -0.39 is 0 Å². The number of aryl methyl sites for hydroxylation is 1. The lowest BCUT2D eigenvalue weighted by Gasteiger charge is -2.03. The van der Waals surface area contributed by atoms with Gasteiger partial charge in [-0.05, 0) is 37.6 Å². The van der Waals surface area contributed by atoms with E-state index >= 15 is 0 Å². The molecule has 0 fully saturated rings. The summed E-state index contributed by atoms with van der Waals surface area (Å²) in [7, 11) is 0. The minimum Gasteiger partial charge on any atom is -0.508 e. The van der Waals surface area contributed by atoms with Gasteiger partial charge in [0.25, 0.3) is 0 Å². The van der Waals surface area contributed by atoms with Crippen LogP contribution in [0.3, 0.4) is 0 Å². The van der Waals surface area contributed by atoms with Gasteiger partial charge in [-0.25, -0.2) is 4.79 Å². The SMILES string of the molecule is CCOC(=O)c1ccc(O)c(C)c1. The fourth-order valence-corrected chi connectivity index (χ4v) is 0.997. The number of ether oxygens (including phenoxy) is 1. The summed E-state index contributed by atoms with van der Waals surface area (Å²) in [4.78, 5) is 11.2. The Hall–Kier alpha value is -1.51. The van der Waals surface area contributed by atoms with E-state index in [0.717, 1.165) is 0 Å². The molecule has 0 spiro atoms. The number of hydrogen-bond donors (Lipinski definition) is 1. The van der Waals surface area contributed by atoms with Crippen molar-refractivity contribution in [2.75, 3.05) is 6.61 Å². The lowest BCUT2D eigenvalue weighted by molar-refractivity contribution is 0.0526. The minimum atomic E-state index is -0.356. The van der Waals surface area contributed by atoms with E-state index in [1.54, 1.807) is 26.0 Å². The van der Waals surface area contributed by atoms with Crippen LogP contribution in [0.1, 0.15) is 22.8 Å². The third-order valence-corrected chi connectivity index (χ3v) is 1.71. The fourth-order valence-electron chi connectivity index (χ4n) is 0.997. The van der Waals surface area contributed by atoms with Crippen molar-refractivity contribution >= 4 is 5.97 Å². The Balaban J connectivity index is 2.90. The van der Waals surface area contributed by atoms with E-state index in [-0.39, 0.29) is 11.7 Å². The van der Waals surface area contributed by atoms with E-state index in [1.807, 2.05) is 0 Å². The second-order valence-electron chi connectivity index (χ2n) is 2.72. The molecule has 0 saturated heterocycles. The van der Waals surface area contributed by atoms with Gasteiger partial charge in [0.2, 0.25) is 0 Å². The molecule has 0 heterocycles. The highest BCUT2D eigenvalue weighted by Crippen LogP contribution is 2.17. The average Bonchev–Trinajstić information content (AvgIpc) is 2.10. The van der Waals surface area contributed by atoms with Crippen molar-refractivity contribution in [2.45, 2.75) is 13.8 Å². The number of esters is 1. The van der Waals surface area contributed by atoms with Gasteiger partial charge in [0.15, 0.2) is 0 Å². The molecule has 3 heteroatoms. The molecular weight excluding hydrogens is 168 g/mol. The van der Waals surface area contributed by atoms with Gasteiger partial charge in [-0.3, -0.25) is 0 Å². The minimum absolute atomic E-state index is 0.188. The van der Waals surface area contributed by atoms with Crippen molar-refractivity contribution in [3.8, 4) is 5.75 Å². The van der Waals surface area contributed by atoms with Gasteiger partial charge in [-0.2, -0.15) is 0 Å². The van der Waals surface area contributed by atoms with Crippen LogP contribution in [-0.4, -0.2) is 17.7 Å². The summed E-state index contributed by atoms with van der Waals surface area (Å²) in [6, 6.07) is 4.63. The number of carbonyl (C=O) groups is 1. The lowest BCUT2D eigenvalue weighted by atomic mass is 10.1. The molecule has 0 saturated carbocycles. The summed E-state index contributed by atoms with van der Waals surface area (Å²) in [5, 5.41) is 9.20. The van der Waals surface area contributed by atoms with E-state index in [4.69, 9.17) is 4.74 Å². The predicted octanol–water partition coefficient (Wildman–Crippen LogP) is 1.88. The Morgan fingerprint density at radius 3 is 2.77 bits per heavy atom. The highest BCUT2D eigenvalue weighted by molar-refractivity contribution is 5.89. The summed E-state index contributed by atoms with van der Waals surface area (Å²) in [5.74, 6) is -0.168. The van der Waals surface area contributed by atoms with Crippen molar-refractivity contribution in [3.05, 3.63) is 29.3 Å². The zero-order valence-corrected chi connectivity index (χ0v) is 7.70. The van der Waals surface area contributed by atoms with E-state index in [2.05, 4.69) is 0 Å². The summed E-state index contributed by atoms with van der Waals surface area (Å²) >= 11 is 0. The summed E-state index contributed by atoms with van der Waals surface area (Å²) in [6.45, 7) is 3.85. The van der Waals surface area contributed by atoms with Crippen LogP contribution in [0.25, 0.3) is 0 Å². The summed E-state index contributed by atoms with van der Waals surface area (Å²) < 4.78 is 4.80. The summed E-state index contributed by atoms with van der Waals surface area (Å²) in [5.41, 5.74) is 1.14. The maximum absolute atomic E-state index is 11.2. The molecule has 0 aliphatic carbocycles. The molecule has 13 heavy (non-hydrogen) atoms. The normalized spacial score (nSPS) is 9.69. The zero-order chi connectivity index (χ0) is 9.84. The van der Waals surface area contributed by atoms with Gasteiger partial charge in [0.05, 0.1) is 12.2 Å². The third-order valence-electron chi connectivity index (χ3n) is 1.71. The Kier molecular flexibility index (Phi) is 2.90. The molecule has 0 amide bonds. The molecule has 1 rings (SSSR count). The fraction of sp³-hybridized carbons (Fsp3) is 0.300. The first-order chi connectivity index (χ1) is 6.15.